The summed E-state index contributed by atoms with van der Waals surface area (Å²) in [5.74, 6) is 0.136. The maximum absolute atomic E-state index is 11.6. The van der Waals surface area contributed by atoms with Crippen LogP contribution in [-0.2, 0) is 4.79 Å². The van der Waals surface area contributed by atoms with E-state index in [1.807, 2.05) is 6.92 Å². The Morgan fingerprint density at radius 2 is 2.31 bits per heavy atom. The van der Waals surface area contributed by atoms with E-state index in [0.717, 1.165) is 6.42 Å². The van der Waals surface area contributed by atoms with E-state index in [-0.39, 0.29) is 11.9 Å². The number of carbonyl (C=O) groups excluding carboxylic acids is 1. The van der Waals surface area contributed by atoms with Crippen molar-refractivity contribution in [1.29, 1.82) is 0 Å². The molecule has 0 aromatic rings. The second-order valence-corrected chi connectivity index (χ2v) is 4.87. The number of carbonyl (C=O) groups is 1. The molecule has 16 heavy (non-hydrogen) atoms. The standard InChI is InChI=1S/C12H25N3O/c1-10(9-13)14-12(16)7-6-11-5-3-4-8-15(11)2/h10-11H,3-9,13H2,1-2H3,(H,14,16). The highest BCUT2D eigenvalue weighted by atomic mass is 16.1. The van der Waals surface area contributed by atoms with Crippen molar-refractivity contribution in [1.82, 2.24) is 10.2 Å². The fourth-order valence-electron chi connectivity index (χ4n) is 2.21. The predicted molar refractivity (Wildman–Crippen MR) is 66.2 cm³/mol. The molecule has 0 saturated carbocycles. The highest BCUT2D eigenvalue weighted by Crippen LogP contribution is 2.18. The average molecular weight is 227 g/mol. The van der Waals surface area contributed by atoms with Crippen LogP contribution in [-0.4, -0.2) is 43.0 Å². The molecule has 0 radical (unpaired) electrons. The maximum atomic E-state index is 11.6. The van der Waals surface area contributed by atoms with Crippen molar-refractivity contribution in [3.8, 4) is 0 Å². The molecule has 2 unspecified atom stereocenters. The molecule has 4 heteroatoms. The minimum atomic E-state index is 0.0941. The quantitative estimate of drug-likeness (QED) is 0.727. The van der Waals surface area contributed by atoms with E-state index in [2.05, 4.69) is 17.3 Å². The van der Waals surface area contributed by atoms with Gasteiger partial charge in [-0.15, -0.1) is 0 Å². The summed E-state index contributed by atoms with van der Waals surface area (Å²) in [5, 5.41) is 2.90. The molecule has 1 aliphatic heterocycles. The minimum Gasteiger partial charge on any atom is -0.352 e. The van der Waals surface area contributed by atoms with E-state index >= 15 is 0 Å². The number of hydrogen-bond donors (Lipinski definition) is 2. The summed E-state index contributed by atoms with van der Waals surface area (Å²) in [6, 6.07) is 0.685. The number of amides is 1. The molecule has 3 N–H and O–H groups in total. The van der Waals surface area contributed by atoms with Crippen LogP contribution in [0.4, 0.5) is 0 Å². The number of hydrogen-bond acceptors (Lipinski definition) is 3. The lowest BCUT2D eigenvalue weighted by Crippen LogP contribution is -2.40. The van der Waals surface area contributed by atoms with Crippen LogP contribution in [0.5, 0.6) is 0 Å². The Morgan fingerprint density at radius 3 is 2.94 bits per heavy atom. The largest absolute Gasteiger partial charge is 0.352 e. The first-order chi connectivity index (χ1) is 7.63. The normalized spacial score (nSPS) is 24.1. The number of nitrogens with zero attached hydrogens (tertiary/aromatic N) is 1. The smallest absolute Gasteiger partial charge is 0.220 e. The third-order valence-electron chi connectivity index (χ3n) is 3.39. The van der Waals surface area contributed by atoms with Crippen molar-refractivity contribution in [2.75, 3.05) is 20.1 Å². The fraction of sp³-hybridized carbons (Fsp3) is 0.917. The van der Waals surface area contributed by atoms with Gasteiger partial charge in [0.2, 0.25) is 5.91 Å². The summed E-state index contributed by atoms with van der Waals surface area (Å²) in [4.78, 5) is 14.0. The molecule has 0 spiro atoms. The van der Waals surface area contributed by atoms with Gasteiger partial charge in [0, 0.05) is 25.0 Å². The van der Waals surface area contributed by atoms with Crippen molar-refractivity contribution >= 4 is 5.91 Å². The lowest BCUT2D eigenvalue weighted by molar-refractivity contribution is -0.122. The number of rotatable bonds is 5. The second kappa shape index (κ2) is 6.86. The molecule has 1 fully saturated rings. The fourth-order valence-corrected chi connectivity index (χ4v) is 2.21. The Kier molecular flexibility index (Phi) is 5.77. The molecule has 4 nitrogen and oxygen atoms in total. The molecule has 0 aromatic carbocycles. The first-order valence-electron chi connectivity index (χ1n) is 6.33. The van der Waals surface area contributed by atoms with Gasteiger partial charge >= 0.3 is 0 Å². The molecular formula is C12H25N3O. The molecule has 2 atom stereocenters. The summed E-state index contributed by atoms with van der Waals surface area (Å²) in [7, 11) is 2.16. The van der Waals surface area contributed by atoms with Crippen molar-refractivity contribution in [2.45, 2.75) is 51.1 Å². The highest BCUT2D eigenvalue weighted by molar-refractivity contribution is 5.76. The summed E-state index contributed by atoms with van der Waals surface area (Å²) in [6.45, 7) is 3.62. The van der Waals surface area contributed by atoms with Gasteiger partial charge in [-0.3, -0.25) is 4.79 Å². The highest BCUT2D eigenvalue weighted by Gasteiger charge is 2.19. The molecular weight excluding hydrogens is 202 g/mol. The Bertz CT molecular complexity index is 220. The van der Waals surface area contributed by atoms with Crippen LogP contribution in [0, 0.1) is 0 Å². The Balaban J connectivity index is 2.20. The van der Waals surface area contributed by atoms with E-state index in [4.69, 9.17) is 5.73 Å². The Hall–Kier alpha value is -0.610. The Morgan fingerprint density at radius 1 is 1.56 bits per heavy atom. The Labute approximate surface area is 98.6 Å². The number of likely N-dealkylation sites (tertiary alicyclic amines) is 1. The molecule has 0 aromatic heterocycles. The molecule has 94 valence electrons. The summed E-state index contributed by atoms with van der Waals surface area (Å²) in [5.41, 5.74) is 5.46. The van der Waals surface area contributed by atoms with Gasteiger partial charge in [0.15, 0.2) is 0 Å². The van der Waals surface area contributed by atoms with Gasteiger partial charge in [-0.2, -0.15) is 0 Å². The zero-order valence-electron chi connectivity index (χ0n) is 10.5. The first kappa shape index (κ1) is 13.5. The van der Waals surface area contributed by atoms with Crippen LogP contribution in [0.1, 0.15) is 39.0 Å². The zero-order valence-corrected chi connectivity index (χ0v) is 10.5. The lowest BCUT2D eigenvalue weighted by Gasteiger charge is -2.32. The second-order valence-electron chi connectivity index (χ2n) is 4.87. The molecule has 0 aliphatic carbocycles. The number of piperidine rings is 1. The van der Waals surface area contributed by atoms with Crippen LogP contribution < -0.4 is 11.1 Å². The summed E-state index contributed by atoms with van der Waals surface area (Å²) in [6.07, 6.45) is 5.43. The van der Waals surface area contributed by atoms with Crippen molar-refractivity contribution in [3.63, 3.8) is 0 Å². The van der Waals surface area contributed by atoms with Gasteiger partial charge in [-0.25, -0.2) is 0 Å². The third kappa shape index (κ3) is 4.49. The first-order valence-corrected chi connectivity index (χ1v) is 6.33. The van der Waals surface area contributed by atoms with Gasteiger partial charge in [0.05, 0.1) is 0 Å². The van der Waals surface area contributed by atoms with Crippen LogP contribution in [0.2, 0.25) is 0 Å². The third-order valence-corrected chi connectivity index (χ3v) is 3.39. The van der Waals surface area contributed by atoms with Crippen molar-refractivity contribution < 1.29 is 4.79 Å². The van der Waals surface area contributed by atoms with E-state index in [1.54, 1.807) is 0 Å². The molecule has 1 amide bonds. The maximum Gasteiger partial charge on any atom is 0.220 e. The van der Waals surface area contributed by atoms with Gasteiger partial charge in [-0.1, -0.05) is 6.42 Å². The van der Waals surface area contributed by atoms with E-state index < -0.39 is 0 Å². The van der Waals surface area contributed by atoms with Crippen LogP contribution >= 0.6 is 0 Å². The van der Waals surface area contributed by atoms with Gasteiger partial charge in [0.1, 0.15) is 0 Å². The SMILES string of the molecule is CC(CN)NC(=O)CCC1CCCCN1C. The van der Waals surface area contributed by atoms with Crippen LogP contribution in [0.3, 0.4) is 0 Å². The van der Waals surface area contributed by atoms with E-state index in [9.17, 15) is 4.79 Å². The van der Waals surface area contributed by atoms with Crippen LogP contribution in [0.25, 0.3) is 0 Å². The minimum absolute atomic E-state index is 0.0941. The van der Waals surface area contributed by atoms with Crippen molar-refractivity contribution in [2.24, 2.45) is 5.73 Å². The van der Waals surface area contributed by atoms with Crippen LogP contribution in [0.15, 0.2) is 0 Å². The number of nitrogens with two attached hydrogens (primary N) is 1. The topological polar surface area (TPSA) is 58.4 Å². The summed E-state index contributed by atoms with van der Waals surface area (Å²) < 4.78 is 0. The predicted octanol–water partition coefficient (Wildman–Crippen LogP) is 0.714. The monoisotopic (exact) mass is 227 g/mol. The average Bonchev–Trinajstić information content (AvgIpc) is 2.28. The molecule has 1 aliphatic rings. The summed E-state index contributed by atoms with van der Waals surface area (Å²) >= 11 is 0. The van der Waals surface area contributed by atoms with E-state index in [1.165, 1.54) is 25.8 Å². The lowest BCUT2D eigenvalue weighted by atomic mass is 9.98. The molecule has 1 saturated heterocycles. The van der Waals surface area contributed by atoms with Crippen molar-refractivity contribution in [3.05, 3.63) is 0 Å². The van der Waals surface area contributed by atoms with Gasteiger partial charge < -0.3 is 16.0 Å². The molecule has 1 rings (SSSR count). The number of nitrogens with one attached hydrogen (secondary N) is 1. The van der Waals surface area contributed by atoms with E-state index in [0.29, 0.717) is 19.0 Å². The molecule has 1 heterocycles. The molecule has 0 bridgehead atoms. The zero-order chi connectivity index (χ0) is 12.0. The van der Waals surface area contributed by atoms with Gasteiger partial charge in [0.25, 0.3) is 0 Å². The van der Waals surface area contributed by atoms with Gasteiger partial charge in [-0.05, 0) is 39.8 Å².